The van der Waals surface area contributed by atoms with Crippen molar-refractivity contribution in [1.29, 1.82) is 0 Å². The van der Waals surface area contributed by atoms with Crippen LogP contribution in [0.15, 0.2) is 22.8 Å². The van der Waals surface area contributed by atoms with Crippen LogP contribution in [-0.4, -0.2) is 43.9 Å². The highest BCUT2D eigenvalue weighted by atomic mass is 19.3. The second kappa shape index (κ2) is 10.4. The van der Waals surface area contributed by atoms with E-state index in [1.807, 2.05) is 18.2 Å². The van der Waals surface area contributed by atoms with Crippen LogP contribution in [-0.2, 0) is 4.79 Å². The minimum absolute atomic E-state index is 0.0128. The Hall–Kier alpha value is -3.51. The van der Waals surface area contributed by atoms with Crippen molar-refractivity contribution in [2.45, 2.75) is 88.6 Å². The summed E-state index contributed by atoms with van der Waals surface area (Å²) < 4.78 is 59.0. The van der Waals surface area contributed by atoms with Crippen molar-refractivity contribution in [1.82, 2.24) is 30.9 Å². The number of benzene rings is 1. The van der Waals surface area contributed by atoms with Crippen LogP contribution in [0.2, 0.25) is 0 Å². The van der Waals surface area contributed by atoms with Crippen molar-refractivity contribution in [3.63, 3.8) is 0 Å². The molecule has 13 heteroatoms. The highest BCUT2D eigenvalue weighted by molar-refractivity contribution is 5.93. The molecule has 3 saturated carbocycles. The summed E-state index contributed by atoms with van der Waals surface area (Å²) in [5, 5.41) is 13.2. The lowest BCUT2D eigenvalue weighted by Crippen LogP contribution is -2.39. The standard InChI is InChI=1S/C28H32F4N6O3/c1-14-23(38-41-37-14)26(40)35-21(8-15-6-7-27(29,30)11-15)25-33-19-5-4-18(10-20(19)34-25)24(17-2-3-17)36-22(39)9-16-12-28(31,32)13-16/h4-5,10,15-17,21,24H,2-3,6-9,11-13H2,1H3,(H,33,34)(H,35,40)(H,36,39)/t15-,21+,24?/m1/s1. The number of aromatic amines is 1. The van der Waals surface area contributed by atoms with Gasteiger partial charge in [-0.25, -0.2) is 27.2 Å². The molecule has 3 aliphatic carbocycles. The first-order valence-electron chi connectivity index (χ1n) is 14.1. The Labute approximate surface area is 233 Å². The molecule has 0 spiro atoms. The maximum Gasteiger partial charge on any atom is 0.276 e. The van der Waals surface area contributed by atoms with Crippen molar-refractivity contribution >= 4 is 22.8 Å². The van der Waals surface area contributed by atoms with Crippen molar-refractivity contribution < 1.29 is 31.8 Å². The molecule has 0 radical (unpaired) electrons. The van der Waals surface area contributed by atoms with E-state index in [0.717, 1.165) is 18.4 Å². The third kappa shape index (κ3) is 6.23. The van der Waals surface area contributed by atoms with Crippen LogP contribution in [0.1, 0.15) is 97.4 Å². The average Bonchev–Trinajstić information content (AvgIpc) is 3.32. The molecule has 3 aromatic rings. The van der Waals surface area contributed by atoms with Gasteiger partial charge in [0.1, 0.15) is 11.5 Å². The third-order valence-electron chi connectivity index (χ3n) is 8.52. The molecule has 3 N–H and O–H groups in total. The molecule has 9 nitrogen and oxygen atoms in total. The second-order valence-electron chi connectivity index (χ2n) is 12.0. The number of hydrogen-bond donors (Lipinski definition) is 3. The number of aromatic nitrogens is 4. The van der Waals surface area contributed by atoms with Gasteiger partial charge < -0.3 is 15.6 Å². The number of fused-ring (bicyclic) bond motifs is 1. The van der Waals surface area contributed by atoms with Crippen LogP contribution in [0.5, 0.6) is 0 Å². The maximum atomic E-state index is 14.0. The molecule has 0 saturated heterocycles. The number of carbonyl (C=O) groups excluding carboxylic acids is 2. The number of hydrogen-bond acceptors (Lipinski definition) is 6. The molecule has 2 amide bonds. The number of nitrogens with one attached hydrogen (secondary N) is 3. The molecule has 2 aromatic heterocycles. The zero-order valence-corrected chi connectivity index (χ0v) is 22.6. The number of amides is 2. The predicted octanol–water partition coefficient (Wildman–Crippen LogP) is 5.55. The van der Waals surface area contributed by atoms with Crippen LogP contribution < -0.4 is 10.6 Å². The number of aryl methyl sites for hydroxylation is 1. The Morgan fingerprint density at radius 3 is 2.44 bits per heavy atom. The molecule has 3 fully saturated rings. The number of imidazole rings is 1. The van der Waals surface area contributed by atoms with Gasteiger partial charge in [-0.1, -0.05) is 11.2 Å². The lowest BCUT2D eigenvalue weighted by Gasteiger charge is -2.34. The SMILES string of the molecule is Cc1nonc1C(=O)N[C@@H](C[C@H]1CCC(F)(F)C1)c1nc2ccc(C(NC(=O)CC3CC(F)(F)C3)C3CC3)cc2[nH]1. The topological polar surface area (TPSA) is 126 Å². The molecule has 220 valence electrons. The van der Waals surface area contributed by atoms with Crippen molar-refractivity contribution in [2.24, 2.45) is 17.8 Å². The first kappa shape index (κ1) is 27.6. The summed E-state index contributed by atoms with van der Waals surface area (Å²) >= 11 is 0. The van der Waals surface area contributed by atoms with Crippen molar-refractivity contribution in [2.75, 3.05) is 0 Å². The molecule has 41 heavy (non-hydrogen) atoms. The molecule has 1 aromatic carbocycles. The lowest BCUT2D eigenvalue weighted by atomic mass is 9.79. The predicted molar refractivity (Wildman–Crippen MR) is 138 cm³/mol. The lowest BCUT2D eigenvalue weighted by molar-refractivity contribution is -0.134. The van der Waals surface area contributed by atoms with E-state index in [1.165, 1.54) is 0 Å². The van der Waals surface area contributed by atoms with Gasteiger partial charge in [-0.15, -0.1) is 0 Å². The summed E-state index contributed by atoms with van der Waals surface area (Å²) in [7, 11) is 0. The van der Waals surface area contributed by atoms with Gasteiger partial charge in [0.05, 0.1) is 23.1 Å². The number of nitrogens with zero attached hydrogens (tertiary/aromatic N) is 3. The summed E-state index contributed by atoms with van der Waals surface area (Å²) in [5.74, 6) is -6.08. The summed E-state index contributed by atoms with van der Waals surface area (Å²) in [5.41, 5.74) is 2.48. The van der Waals surface area contributed by atoms with Crippen molar-refractivity contribution in [3.05, 3.63) is 41.0 Å². The van der Waals surface area contributed by atoms with E-state index < -0.39 is 23.8 Å². The number of carbonyl (C=O) groups is 2. The molecule has 3 aliphatic rings. The van der Waals surface area contributed by atoms with Crippen LogP contribution >= 0.6 is 0 Å². The molecular weight excluding hydrogens is 544 g/mol. The smallest absolute Gasteiger partial charge is 0.276 e. The summed E-state index contributed by atoms with van der Waals surface area (Å²) in [6, 6.07) is 4.64. The number of alkyl halides is 4. The molecule has 2 heterocycles. The Kier molecular flexibility index (Phi) is 7.01. The fraction of sp³-hybridized carbons (Fsp3) is 0.607. The van der Waals surface area contributed by atoms with E-state index in [1.54, 1.807) is 6.92 Å². The molecule has 3 atom stereocenters. The van der Waals surface area contributed by atoms with E-state index in [2.05, 4.69) is 35.5 Å². The van der Waals surface area contributed by atoms with E-state index in [0.29, 0.717) is 29.0 Å². The number of rotatable bonds is 10. The van der Waals surface area contributed by atoms with Gasteiger partial charge in [0, 0.05) is 32.1 Å². The maximum absolute atomic E-state index is 14.0. The van der Waals surface area contributed by atoms with E-state index >= 15 is 0 Å². The second-order valence-corrected chi connectivity index (χ2v) is 12.0. The minimum Gasteiger partial charge on any atom is -0.349 e. The fourth-order valence-electron chi connectivity index (χ4n) is 6.21. The largest absolute Gasteiger partial charge is 0.349 e. The van der Waals surface area contributed by atoms with Crippen LogP contribution in [0.4, 0.5) is 17.6 Å². The number of H-pyrrole nitrogens is 1. The zero-order chi connectivity index (χ0) is 28.9. The zero-order valence-electron chi connectivity index (χ0n) is 22.6. The molecule has 0 bridgehead atoms. The highest BCUT2D eigenvalue weighted by Gasteiger charge is 2.46. The van der Waals surface area contributed by atoms with Gasteiger partial charge in [0.2, 0.25) is 17.8 Å². The van der Waals surface area contributed by atoms with Gasteiger partial charge in [-0.05, 0) is 73.2 Å². The highest BCUT2D eigenvalue weighted by Crippen LogP contribution is 2.45. The first-order chi connectivity index (χ1) is 19.4. The van der Waals surface area contributed by atoms with Gasteiger partial charge in [-0.3, -0.25) is 9.59 Å². The van der Waals surface area contributed by atoms with Gasteiger partial charge in [0.15, 0.2) is 5.69 Å². The molecule has 1 unspecified atom stereocenters. The van der Waals surface area contributed by atoms with Crippen molar-refractivity contribution in [3.8, 4) is 0 Å². The molecule has 6 rings (SSSR count). The van der Waals surface area contributed by atoms with E-state index in [-0.39, 0.29) is 73.9 Å². The third-order valence-corrected chi connectivity index (χ3v) is 8.52. The summed E-state index contributed by atoms with van der Waals surface area (Å²) in [4.78, 5) is 33.5. The van der Waals surface area contributed by atoms with Crippen LogP contribution in [0, 0.1) is 24.7 Å². The Bertz CT molecular complexity index is 1440. The summed E-state index contributed by atoms with van der Waals surface area (Å²) in [6.07, 6.45) is 1.65. The Balaban J connectivity index is 1.21. The normalized spacial score (nSPS) is 23.2. The first-order valence-corrected chi connectivity index (χ1v) is 14.1. The Morgan fingerprint density at radius 1 is 1.05 bits per heavy atom. The van der Waals surface area contributed by atoms with Gasteiger partial charge in [-0.2, -0.15) is 0 Å². The number of halogens is 4. The van der Waals surface area contributed by atoms with E-state index in [9.17, 15) is 27.2 Å². The van der Waals surface area contributed by atoms with E-state index in [4.69, 9.17) is 0 Å². The summed E-state index contributed by atoms with van der Waals surface area (Å²) in [6.45, 7) is 1.58. The monoisotopic (exact) mass is 576 g/mol. The van der Waals surface area contributed by atoms with Gasteiger partial charge in [0.25, 0.3) is 5.91 Å². The Morgan fingerprint density at radius 2 is 1.80 bits per heavy atom. The molecular formula is C28H32F4N6O3. The fourth-order valence-corrected chi connectivity index (χ4v) is 6.21. The average molecular weight is 577 g/mol. The van der Waals surface area contributed by atoms with Gasteiger partial charge >= 0.3 is 0 Å². The molecule has 0 aliphatic heterocycles. The van der Waals surface area contributed by atoms with Crippen LogP contribution in [0.25, 0.3) is 11.0 Å². The quantitative estimate of drug-likeness (QED) is 0.272. The minimum atomic E-state index is -2.73. The van der Waals surface area contributed by atoms with Crippen LogP contribution in [0.3, 0.4) is 0 Å².